The molecule has 0 aliphatic rings. The highest BCUT2D eigenvalue weighted by molar-refractivity contribution is 5.99. The summed E-state index contributed by atoms with van der Waals surface area (Å²) in [5.74, 6) is -0.547. The Morgan fingerprint density at radius 2 is 2.07 bits per heavy atom. The molecule has 1 atom stereocenters. The lowest BCUT2D eigenvalue weighted by Gasteiger charge is -2.05. The minimum atomic E-state index is -1.06. The fourth-order valence-corrected chi connectivity index (χ4v) is 1.12. The van der Waals surface area contributed by atoms with E-state index in [1.165, 1.54) is 19.9 Å². The Balaban J connectivity index is 2.92. The normalized spacial score (nSPS) is 11.9. The van der Waals surface area contributed by atoms with Crippen molar-refractivity contribution in [2.45, 2.75) is 20.0 Å². The summed E-state index contributed by atoms with van der Waals surface area (Å²) >= 11 is 0. The van der Waals surface area contributed by atoms with Crippen LogP contribution in [0.3, 0.4) is 0 Å². The summed E-state index contributed by atoms with van der Waals surface area (Å²) in [6.45, 7) is 2.67. The minimum Gasteiger partial charge on any atom is -0.427 e. The average molecular weight is 208 g/mol. The maximum absolute atomic E-state index is 11.4. The zero-order valence-corrected chi connectivity index (χ0v) is 8.56. The molecule has 0 saturated heterocycles. The molecular weight excluding hydrogens is 196 g/mol. The molecule has 4 nitrogen and oxygen atoms in total. The molecule has 15 heavy (non-hydrogen) atoms. The van der Waals surface area contributed by atoms with Crippen LogP contribution >= 0.6 is 0 Å². The molecular formula is C11H12O4. The van der Waals surface area contributed by atoms with E-state index in [4.69, 9.17) is 9.84 Å². The average Bonchev–Trinajstić information content (AvgIpc) is 2.16. The van der Waals surface area contributed by atoms with Crippen LogP contribution in [0.15, 0.2) is 24.3 Å². The van der Waals surface area contributed by atoms with Crippen LogP contribution in [0.25, 0.3) is 0 Å². The van der Waals surface area contributed by atoms with Crippen molar-refractivity contribution in [3.8, 4) is 5.75 Å². The number of esters is 1. The van der Waals surface area contributed by atoms with Gasteiger partial charge >= 0.3 is 5.97 Å². The number of benzene rings is 1. The number of carbonyl (C=O) groups is 2. The van der Waals surface area contributed by atoms with Crippen LogP contribution < -0.4 is 4.74 Å². The van der Waals surface area contributed by atoms with Crippen LogP contribution in [0.4, 0.5) is 0 Å². The zero-order chi connectivity index (χ0) is 11.4. The van der Waals surface area contributed by atoms with Crippen LogP contribution in [0.2, 0.25) is 0 Å². The highest BCUT2D eigenvalue weighted by atomic mass is 16.5. The number of aliphatic hydroxyl groups excluding tert-OH is 1. The van der Waals surface area contributed by atoms with E-state index >= 15 is 0 Å². The highest BCUT2D eigenvalue weighted by Gasteiger charge is 2.12. The van der Waals surface area contributed by atoms with E-state index in [1.54, 1.807) is 18.2 Å². The first-order valence-electron chi connectivity index (χ1n) is 4.51. The van der Waals surface area contributed by atoms with Crippen molar-refractivity contribution in [3.63, 3.8) is 0 Å². The quantitative estimate of drug-likeness (QED) is 0.460. The van der Waals surface area contributed by atoms with Crippen molar-refractivity contribution in [2.75, 3.05) is 0 Å². The van der Waals surface area contributed by atoms with Gasteiger partial charge < -0.3 is 9.84 Å². The number of rotatable bonds is 3. The number of aliphatic hydroxyl groups is 1. The van der Waals surface area contributed by atoms with Crippen molar-refractivity contribution in [3.05, 3.63) is 29.8 Å². The molecule has 0 radical (unpaired) electrons. The molecule has 0 fully saturated rings. The maximum atomic E-state index is 11.4. The first-order chi connectivity index (χ1) is 7.00. The number of carbonyl (C=O) groups excluding carboxylic acids is 2. The number of hydrogen-bond donors (Lipinski definition) is 1. The summed E-state index contributed by atoms with van der Waals surface area (Å²) in [7, 11) is 0. The van der Waals surface area contributed by atoms with Gasteiger partial charge in [0.15, 0.2) is 5.78 Å². The summed E-state index contributed by atoms with van der Waals surface area (Å²) in [5.41, 5.74) is 0.323. The van der Waals surface area contributed by atoms with E-state index in [2.05, 4.69) is 0 Å². The van der Waals surface area contributed by atoms with Crippen molar-refractivity contribution in [2.24, 2.45) is 0 Å². The molecule has 1 aromatic rings. The molecule has 80 valence electrons. The van der Waals surface area contributed by atoms with Gasteiger partial charge in [-0.3, -0.25) is 9.59 Å². The van der Waals surface area contributed by atoms with E-state index in [0.29, 0.717) is 11.3 Å². The minimum absolute atomic E-state index is 0.300. The number of ketones is 1. The molecule has 0 heterocycles. The van der Waals surface area contributed by atoms with Crippen molar-refractivity contribution >= 4 is 11.8 Å². The first kappa shape index (κ1) is 11.4. The standard InChI is InChI=1S/C11H12O4/c1-7(12)11(14)9-4-3-5-10(6-9)15-8(2)13/h3-7,12H,1-2H3. The summed E-state index contributed by atoms with van der Waals surface area (Å²) in [4.78, 5) is 22.1. The summed E-state index contributed by atoms with van der Waals surface area (Å²) in [5, 5.41) is 9.09. The molecule has 4 heteroatoms. The molecule has 1 aromatic carbocycles. The molecule has 0 aliphatic carbocycles. The summed E-state index contributed by atoms with van der Waals surface area (Å²) in [6.07, 6.45) is -1.06. The third kappa shape index (κ3) is 3.18. The molecule has 0 bridgehead atoms. The van der Waals surface area contributed by atoms with Gasteiger partial charge in [0.2, 0.25) is 0 Å². The molecule has 0 saturated carbocycles. The second-order valence-corrected chi connectivity index (χ2v) is 3.16. The second-order valence-electron chi connectivity index (χ2n) is 3.16. The van der Waals surface area contributed by atoms with Gasteiger partial charge in [-0.1, -0.05) is 12.1 Å². The molecule has 0 aliphatic heterocycles. The maximum Gasteiger partial charge on any atom is 0.308 e. The van der Waals surface area contributed by atoms with Crippen molar-refractivity contribution in [1.82, 2.24) is 0 Å². The second kappa shape index (κ2) is 4.70. The van der Waals surface area contributed by atoms with Crippen LogP contribution in [-0.2, 0) is 4.79 Å². The molecule has 1 rings (SSSR count). The van der Waals surface area contributed by atoms with Gasteiger partial charge in [-0.25, -0.2) is 0 Å². The summed E-state index contributed by atoms with van der Waals surface area (Å²) < 4.78 is 4.81. The van der Waals surface area contributed by atoms with Gasteiger partial charge in [-0.15, -0.1) is 0 Å². The fraction of sp³-hybridized carbons (Fsp3) is 0.273. The first-order valence-corrected chi connectivity index (χ1v) is 4.51. The van der Waals surface area contributed by atoms with Gasteiger partial charge in [0.1, 0.15) is 11.9 Å². The van der Waals surface area contributed by atoms with Crippen LogP contribution in [0, 0.1) is 0 Å². The molecule has 0 amide bonds. The van der Waals surface area contributed by atoms with E-state index in [-0.39, 0.29) is 0 Å². The van der Waals surface area contributed by atoms with Gasteiger partial charge in [0, 0.05) is 12.5 Å². The van der Waals surface area contributed by atoms with Gasteiger partial charge in [-0.2, -0.15) is 0 Å². The Kier molecular flexibility index (Phi) is 3.57. The molecule has 1 N–H and O–H groups in total. The smallest absolute Gasteiger partial charge is 0.308 e. The van der Waals surface area contributed by atoms with Gasteiger partial charge in [0.05, 0.1) is 0 Å². The Morgan fingerprint density at radius 3 is 2.60 bits per heavy atom. The number of ether oxygens (including phenoxy) is 1. The predicted octanol–water partition coefficient (Wildman–Crippen LogP) is 1.18. The number of hydrogen-bond acceptors (Lipinski definition) is 4. The van der Waals surface area contributed by atoms with Crippen LogP contribution in [-0.4, -0.2) is 23.0 Å². The van der Waals surface area contributed by atoms with Crippen molar-refractivity contribution < 1.29 is 19.4 Å². The molecule has 1 unspecified atom stereocenters. The Hall–Kier alpha value is -1.68. The lowest BCUT2D eigenvalue weighted by atomic mass is 10.1. The van der Waals surface area contributed by atoms with E-state index < -0.39 is 17.9 Å². The monoisotopic (exact) mass is 208 g/mol. The van der Waals surface area contributed by atoms with Gasteiger partial charge in [0.25, 0.3) is 0 Å². The Morgan fingerprint density at radius 1 is 1.40 bits per heavy atom. The van der Waals surface area contributed by atoms with E-state index in [0.717, 1.165) is 0 Å². The lowest BCUT2D eigenvalue weighted by Crippen LogP contribution is -2.16. The third-order valence-electron chi connectivity index (χ3n) is 1.76. The van der Waals surface area contributed by atoms with E-state index in [1.807, 2.05) is 0 Å². The highest BCUT2D eigenvalue weighted by Crippen LogP contribution is 2.14. The number of Topliss-reactive ketones (excluding diaryl/α,β-unsaturated/α-hetero) is 1. The zero-order valence-electron chi connectivity index (χ0n) is 8.56. The van der Waals surface area contributed by atoms with Crippen LogP contribution in [0.5, 0.6) is 5.75 Å². The predicted molar refractivity (Wildman–Crippen MR) is 53.8 cm³/mol. The summed E-state index contributed by atoms with van der Waals surface area (Å²) in [6, 6.07) is 6.15. The third-order valence-corrected chi connectivity index (χ3v) is 1.76. The largest absolute Gasteiger partial charge is 0.427 e. The molecule has 0 spiro atoms. The lowest BCUT2D eigenvalue weighted by molar-refractivity contribution is -0.131. The van der Waals surface area contributed by atoms with E-state index in [9.17, 15) is 9.59 Å². The topological polar surface area (TPSA) is 63.6 Å². The Labute approximate surface area is 87.5 Å². The SMILES string of the molecule is CC(=O)Oc1cccc(C(=O)C(C)O)c1. The van der Waals surface area contributed by atoms with Gasteiger partial charge in [-0.05, 0) is 19.1 Å². The van der Waals surface area contributed by atoms with Crippen molar-refractivity contribution in [1.29, 1.82) is 0 Å². The Bertz CT molecular complexity index is 382. The van der Waals surface area contributed by atoms with Crippen LogP contribution in [0.1, 0.15) is 24.2 Å². The fourth-order valence-electron chi connectivity index (χ4n) is 1.12. The molecule has 0 aromatic heterocycles.